The Hall–Kier alpha value is -2.62. The second kappa shape index (κ2) is 6.24. The van der Waals surface area contributed by atoms with Crippen LogP contribution in [0.5, 0.6) is 0 Å². The molecular weight excluding hydrogens is 288 g/mol. The molecule has 1 aliphatic heterocycles. The van der Waals surface area contributed by atoms with Gasteiger partial charge in [0.05, 0.1) is 0 Å². The van der Waals surface area contributed by atoms with Crippen molar-refractivity contribution in [2.24, 2.45) is 0 Å². The summed E-state index contributed by atoms with van der Waals surface area (Å²) in [4.78, 5) is 26.4. The van der Waals surface area contributed by atoms with E-state index in [4.69, 9.17) is 0 Å². The Labute approximate surface area is 136 Å². The molecule has 1 N–H and O–H groups in total. The quantitative estimate of drug-likeness (QED) is 0.885. The number of nitrogens with zero attached hydrogens (tertiary/aromatic N) is 1. The lowest BCUT2D eigenvalue weighted by Crippen LogP contribution is -2.37. The number of carbonyl (C=O) groups excluding carboxylic acids is 2. The molecule has 2 aromatic rings. The number of hydrogen-bond donors (Lipinski definition) is 1. The van der Waals surface area contributed by atoms with Gasteiger partial charge in [0, 0.05) is 17.4 Å². The van der Waals surface area contributed by atoms with Crippen LogP contribution in [0.15, 0.2) is 48.5 Å². The fraction of sp³-hybridized carbons (Fsp3) is 0.263. The Balaban J connectivity index is 1.67. The summed E-state index contributed by atoms with van der Waals surface area (Å²) in [5, 5.41) is 2.78. The summed E-state index contributed by atoms with van der Waals surface area (Å²) < 4.78 is 0. The molecule has 2 amide bonds. The van der Waals surface area contributed by atoms with Crippen molar-refractivity contribution in [1.29, 1.82) is 0 Å². The van der Waals surface area contributed by atoms with E-state index < -0.39 is 0 Å². The molecule has 0 aliphatic carbocycles. The average molecular weight is 308 g/mol. The highest BCUT2D eigenvalue weighted by Crippen LogP contribution is 2.32. The molecule has 2 aromatic carbocycles. The molecule has 0 bridgehead atoms. The van der Waals surface area contributed by atoms with E-state index in [2.05, 4.69) is 5.32 Å². The zero-order valence-corrected chi connectivity index (χ0v) is 13.4. The van der Waals surface area contributed by atoms with E-state index in [1.807, 2.05) is 62.4 Å². The Morgan fingerprint density at radius 2 is 1.83 bits per heavy atom. The van der Waals surface area contributed by atoms with E-state index in [-0.39, 0.29) is 24.3 Å². The summed E-state index contributed by atoms with van der Waals surface area (Å²) in [5.41, 5.74) is 3.92. The van der Waals surface area contributed by atoms with Crippen LogP contribution >= 0.6 is 0 Å². The summed E-state index contributed by atoms with van der Waals surface area (Å²) >= 11 is 0. The van der Waals surface area contributed by atoms with Gasteiger partial charge < -0.3 is 10.2 Å². The Morgan fingerprint density at radius 3 is 2.57 bits per heavy atom. The van der Waals surface area contributed by atoms with Crippen LogP contribution in [0.3, 0.4) is 0 Å². The minimum Gasteiger partial charge on any atom is -0.326 e. The lowest BCUT2D eigenvalue weighted by Gasteiger charge is -2.22. The first-order valence-corrected chi connectivity index (χ1v) is 7.81. The molecule has 1 aliphatic rings. The molecule has 4 nitrogen and oxygen atoms in total. The first-order chi connectivity index (χ1) is 11.0. The van der Waals surface area contributed by atoms with Crippen molar-refractivity contribution in [3.05, 3.63) is 59.7 Å². The monoisotopic (exact) mass is 308 g/mol. The van der Waals surface area contributed by atoms with Crippen molar-refractivity contribution in [3.8, 4) is 0 Å². The third kappa shape index (κ3) is 3.26. The summed E-state index contributed by atoms with van der Waals surface area (Å²) in [6.07, 6.45) is 0.689. The molecule has 0 fully saturated rings. The molecule has 0 saturated carbocycles. The van der Waals surface area contributed by atoms with Crippen LogP contribution in [0.4, 0.5) is 11.4 Å². The molecule has 3 rings (SSSR count). The molecule has 1 heterocycles. The van der Waals surface area contributed by atoms with Crippen molar-refractivity contribution in [2.75, 3.05) is 10.2 Å². The van der Waals surface area contributed by atoms with Gasteiger partial charge in [-0.05, 0) is 44.0 Å². The number of anilines is 2. The predicted octanol–water partition coefficient (Wildman–Crippen LogP) is 3.30. The molecule has 23 heavy (non-hydrogen) atoms. The largest absolute Gasteiger partial charge is 0.326 e. The molecule has 0 saturated heterocycles. The number of aryl methyl sites for hydroxylation is 1. The van der Waals surface area contributed by atoms with Crippen LogP contribution in [-0.4, -0.2) is 17.9 Å². The van der Waals surface area contributed by atoms with Crippen LogP contribution in [0.1, 0.15) is 24.5 Å². The summed E-state index contributed by atoms with van der Waals surface area (Å²) in [6.45, 7) is 4.00. The molecular formula is C19H20N2O2. The standard InChI is InChI=1S/C19H20N2O2/c1-13-7-9-16(10-8-13)20-18(22)12-19(23)21-14(2)11-15-5-3-4-6-17(15)21/h3-10,14H,11-12H2,1-2H3,(H,20,22). The number of para-hydroxylation sites is 1. The van der Waals surface area contributed by atoms with Crippen LogP contribution < -0.4 is 10.2 Å². The van der Waals surface area contributed by atoms with Gasteiger partial charge in [-0.1, -0.05) is 35.9 Å². The first-order valence-electron chi connectivity index (χ1n) is 7.81. The van der Waals surface area contributed by atoms with Crippen molar-refractivity contribution < 1.29 is 9.59 Å². The fourth-order valence-electron chi connectivity index (χ4n) is 3.01. The van der Waals surface area contributed by atoms with Crippen molar-refractivity contribution in [3.63, 3.8) is 0 Å². The maximum Gasteiger partial charge on any atom is 0.236 e. The first kappa shape index (κ1) is 15.3. The molecule has 1 atom stereocenters. The van der Waals surface area contributed by atoms with Crippen molar-refractivity contribution >= 4 is 23.2 Å². The summed E-state index contributed by atoms with van der Waals surface area (Å²) in [6, 6.07) is 15.5. The topological polar surface area (TPSA) is 49.4 Å². The number of amides is 2. The van der Waals surface area contributed by atoms with E-state index >= 15 is 0 Å². The smallest absolute Gasteiger partial charge is 0.236 e. The van der Waals surface area contributed by atoms with Gasteiger partial charge in [0.15, 0.2) is 0 Å². The van der Waals surface area contributed by atoms with Crippen LogP contribution in [0, 0.1) is 6.92 Å². The van der Waals surface area contributed by atoms with Gasteiger partial charge in [0.2, 0.25) is 11.8 Å². The van der Waals surface area contributed by atoms with E-state index in [9.17, 15) is 9.59 Å². The van der Waals surface area contributed by atoms with Crippen LogP contribution in [0.2, 0.25) is 0 Å². The van der Waals surface area contributed by atoms with Crippen molar-refractivity contribution in [1.82, 2.24) is 0 Å². The highest BCUT2D eigenvalue weighted by atomic mass is 16.2. The number of carbonyl (C=O) groups is 2. The zero-order chi connectivity index (χ0) is 16.4. The van der Waals surface area contributed by atoms with E-state index in [0.717, 1.165) is 23.2 Å². The zero-order valence-electron chi connectivity index (χ0n) is 13.4. The lowest BCUT2D eigenvalue weighted by atomic mass is 10.1. The average Bonchev–Trinajstić information content (AvgIpc) is 2.85. The highest BCUT2D eigenvalue weighted by Gasteiger charge is 2.31. The van der Waals surface area contributed by atoms with Gasteiger partial charge in [0.1, 0.15) is 6.42 Å². The van der Waals surface area contributed by atoms with Gasteiger partial charge in [-0.2, -0.15) is 0 Å². The summed E-state index contributed by atoms with van der Waals surface area (Å²) in [5.74, 6) is -0.442. The van der Waals surface area contributed by atoms with Gasteiger partial charge in [-0.15, -0.1) is 0 Å². The maximum atomic E-state index is 12.5. The second-order valence-corrected chi connectivity index (χ2v) is 6.04. The van der Waals surface area contributed by atoms with Gasteiger partial charge in [0.25, 0.3) is 0 Å². The van der Waals surface area contributed by atoms with Gasteiger partial charge >= 0.3 is 0 Å². The van der Waals surface area contributed by atoms with E-state index in [0.29, 0.717) is 5.69 Å². The van der Waals surface area contributed by atoms with Gasteiger partial charge in [-0.25, -0.2) is 0 Å². The summed E-state index contributed by atoms with van der Waals surface area (Å²) in [7, 11) is 0. The Morgan fingerprint density at radius 1 is 1.13 bits per heavy atom. The van der Waals surface area contributed by atoms with Crippen molar-refractivity contribution in [2.45, 2.75) is 32.7 Å². The van der Waals surface area contributed by atoms with E-state index in [1.54, 1.807) is 4.90 Å². The number of fused-ring (bicyclic) bond motifs is 1. The highest BCUT2D eigenvalue weighted by molar-refractivity contribution is 6.10. The van der Waals surface area contributed by atoms with Crippen LogP contribution in [-0.2, 0) is 16.0 Å². The van der Waals surface area contributed by atoms with Crippen LogP contribution in [0.25, 0.3) is 0 Å². The number of rotatable bonds is 3. The Kier molecular flexibility index (Phi) is 4.15. The fourth-order valence-corrected chi connectivity index (χ4v) is 3.01. The molecule has 0 spiro atoms. The number of hydrogen-bond acceptors (Lipinski definition) is 2. The minimum absolute atomic E-state index is 0.0899. The third-order valence-corrected chi connectivity index (χ3v) is 4.12. The number of nitrogens with one attached hydrogen (secondary N) is 1. The molecule has 118 valence electrons. The molecule has 1 unspecified atom stereocenters. The molecule has 0 radical (unpaired) electrons. The maximum absolute atomic E-state index is 12.5. The Bertz CT molecular complexity index is 737. The molecule has 4 heteroatoms. The molecule has 0 aromatic heterocycles. The van der Waals surface area contributed by atoms with Gasteiger partial charge in [-0.3, -0.25) is 9.59 Å². The second-order valence-electron chi connectivity index (χ2n) is 6.04. The third-order valence-electron chi connectivity index (χ3n) is 4.12. The normalized spacial score (nSPS) is 16.1. The lowest BCUT2D eigenvalue weighted by molar-refractivity contribution is -0.125. The van der Waals surface area contributed by atoms with E-state index in [1.165, 1.54) is 0 Å². The minimum atomic E-state index is -0.282. The predicted molar refractivity (Wildman–Crippen MR) is 91.5 cm³/mol. The SMILES string of the molecule is Cc1ccc(NC(=O)CC(=O)N2c3ccccc3CC2C)cc1. The number of benzene rings is 2.